The van der Waals surface area contributed by atoms with E-state index >= 15 is 0 Å². The van der Waals surface area contributed by atoms with E-state index in [1.165, 1.54) is 4.90 Å². The van der Waals surface area contributed by atoms with Gasteiger partial charge in [-0.25, -0.2) is 0 Å². The van der Waals surface area contributed by atoms with Crippen LogP contribution in [-0.4, -0.2) is 38.5 Å². The summed E-state index contributed by atoms with van der Waals surface area (Å²) in [6.07, 6.45) is 0.752. The summed E-state index contributed by atoms with van der Waals surface area (Å²) in [4.78, 5) is 25.7. The van der Waals surface area contributed by atoms with Crippen LogP contribution in [-0.2, 0) is 6.42 Å². The van der Waals surface area contributed by atoms with Gasteiger partial charge in [-0.15, -0.1) is 11.8 Å². The quantitative estimate of drug-likeness (QED) is 0.640. The zero-order chi connectivity index (χ0) is 18.6. The van der Waals surface area contributed by atoms with E-state index in [4.69, 9.17) is 5.73 Å². The number of aromatic hydroxyl groups is 1. The second-order valence-corrected chi connectivity index (χ2v) is 8.63. The minimum atomic E-state index is -0.621. The number of amides is 2. The first-order valence-corrected chi connectivity index (χ1v) is 9.39. The van der Waals surface area contributed by atoms with Crippen LogP contribution in [0.5, 0.6) is 5.75 Å². The van der Waals surface area contributed by atoms with E-state index in [1.807, 2.05) is 13.8 Å². The summed E-state index contributed by atoms with van der Waals surface area (Å²) in [7, 11) is 0. The molecule has 2 aliphatic rings. The molecule has 5 nitrogen and oxygen atoms in total. The molecule has 0 saturated carbocycles. The maximum atomic E-state index is 12.5. The van der Waals surface area contributed by atoms with Crippen LogP contribution in [0.15, 0.2) is 36.4 Å². The number of phenols is 1. The summed E-state index contributed by atoms with van der Waals surface area (Å²) in [5.74, 6) is -0.269. The molecule has 1 fully saturated rings. The molecule has 26 heavy (non-hydrogen) atoms. The summed E-state index contributed by atoms with van der Waals surface area (Å²) >= 11 is 1.59. The lowest BCUT2D eigenvalue weighted by molar-refractivity contribution is 0.0644. The largest absolute Gasteiger partial charge is 0.508 e. The normalized spacial score (nSPS) is 24.1. The standard InChI is InChI=1S/C20H20N2O3S/c1-11-7-13(23)8-12(2)16(11)9-17-20(21,26-17)10-22-18(24)14-5-3-4-6-15(14)19(22)25/h3-8,17,23H,9-10,21H2,1-2H3. The summed E-state index contributed by atoms with van der Waals surface area (Å²) in [5, 5.41) is 9.83. The molecule has 2 aromatic carbocycles. The summed E-state index contributed by atoms with van der Waals surface area (Å²) in [6, 6.07) is 10.4. The van der Waals surface area contributed by atoms with Crippen molar-refractivity contribution < 1.29 is 14.7 Å². The number of fused-ring (bicyclic) bond motifs is 1. The SMILES string of the molecule is Cc1cc(O)cc(C)c1CC1SC1(N)CN1C(=O)c2ccccc2C1=O. The molecular weight excluding hydrogens is 348 g/mol. The Balaban J connectivity index is 1.50. The van der Waals surface area contributed by atoms with Crippen molar-refractivity contribution in [2.45, 2.75) is 30.4 Å². The second-order valence-electron chi connectivity index (χ2n) is 7.07. The lowest BCUT2D eigenvalue weighted by Crippen LogP contribution is -2.44. The molecule has 1 saturated heterocycles. The molecule has 134 valence electrons. The van der Waals surface area contributed by atoms with Gasteiger partial charge in [-0.2, -0.15) is 0 Å². The minimum absolute atomic E-state index is 0.133. The van der Waals surface area contributed by atoms with Crippen molar-refractivity contribution in [3.63, 3.8) is 0 Å². The molecule has 2 unspecified atom stereocenters. The lowest BCUT2D eigenvalue weighted by atomic mass is 9.96. The molecule has 3 N–H and O–H groups in total. The van der Waals surface area contributed by atoms with Crippen molar-refractivity contribution >= 4 is 23.6 Å². The fourth-order valence-electron chi connectivity index (χ4n) is 3.69. The molecule has 0 bridgehead atoms. The zero-order valence-electron chi connectivity index (χ0n) is 14.7. The molecule has 4 rings (SSSR count). The van der Waals surface area contributed by atoms with Gasteiger partial charge in [0.15, 0.2) is 0 Å². The lowest BCUT2D eigenvalue weighted by Gasteiger charge is -2.19. The number of carbonyl (C=O) groups excluding carboxylic acids is 2. The van der Waals surface area contributed by atoms with E-state index < -0.39 is 4.87 Å². The number of phenolic OH excluding ortho intramolecular Hbond substituents is 1. The Morgan fingerprint density at radius 1 is 1.12 bits per heavy atom. The third-order valence-electron chi connectivity index (χ3n) is 5.20. The molecule has 2 aromatic rings. The van der Waals surface area contributed by atoms with Crippen molar-refractivity contribution in [1.29, 1.82) is 0 Å². The van der Waals surface area contributed by atoms with Crippen LogP contribution in [0, 0.1) is 13.8 Å². The predicted octanol–water partition coefficient (Wildman–Crippen LogP) is 2.62. The maximum absolute atomic E-state index is 12.5. The van der Waals surface area contributed by atoms with Gasteiger partial charge in [0.05, 0.1) is 22.5 Å². The van der Waals surface area contributed by atoms with Gasteiger partial charge >= 0.3 is 0 Å². The van der Waals surface area contributed by atoms with E-state index in [-0.39, 0.29) is 29.4 Å². The van der Waals surface area contributed by atoms with Gasteiger partial charge < -0.3 is 10.8 Å². The minimum Gasteiger partial charge on any atom is -0.508 e. The maximum Gasteiger partial charge on any atom is 0.261 e. The van der Waals surface area contributed by atoms with Crippen molar-refractivity contribution in [2.75, 3.05) is 6.54 Å². The summed E-state index contributed by atoms with van der Waals surface area (Å²) in [6.45, 7) is 4.15. The van der Waals surface area contributed by atoms with Crippen LogP contribution < -0.4 is 5.73 Å². The highest BCUT2D eigenvalue weighted by Crippen LogP contribution is 2.52. The van der Waals surface area contributed by atoms with Gasteiger partial charge in [-0.3, -0.25) is 14.5 Å². The van der Waals surface area contributed by atoms with E-state index in [2.05, 4.69) is 0 Å². The molecule has 2 aliphatic heterocycles. The average Bonchev–Trinajstić information content (AvgIpc) is 3.17. The molecule has 2 heterocycles. The van der Waals surface area contributed by atoms with Crippen LogP contribution in [0.25, 0.3) is 0 Å². The first kappa shape index (κ1) is 17.1. The molecule has 0 aromatic heterocycles. The molecule has 6 heteroatoms. The molecule has 2 amide bonds. The Bertz CT molecular complexity index is 884. The summed E-state index contributed by atoms with van der Waals surface area (Å²) in [5.41, 5.74) is 10.6. The van der Waals surface area contributed by atoms with Gasteiger partial charge in [0.25, 0.3) is 11.8 Å². The number of hydrogen-bond acceptors (Lipinski definition) is 5. The number of aryl methyl sites for hydroxylation is 2. The highest BCUT2D eigenvalue weighted by molar-refractivity contribution is 8.08. The van der Waals surface area contributed by atoms with E-state index in [9.17, 15) is 14.7 Å². The number of benzene rings is 2. The molecule has 2 atom stereocenters. The highest BCUT2D eigenvalue weighted by Gasteiger charge is 2.55. The number of hydrogen-bond donors (Lipinski definition) is 2. The number of imide groups is 1. The Kier molecular flexibility index (Phi) is 3.86. The monoisotopic (exact) mass is 368 g/mol. The number of thioether (sulfide) groups is 1. The van der Waals surface area contributed by atoms with Gasteiger partial charge in [0.2, 0.25) is 0 Å². The smallest absolute Gasteiger partial charge is 0.261 e. The Hall–Kier alpha value is -2.31. The van der Waals surface area contributed by atoms with Crippen LogP contribution in [0.1, 0.15) is 37.4 Å². The predicted molar refractivity (Wildman–Crippen MR) is 101 cm³/mol. The van der Waals surface area contributed by atoms with E-state index in [0.29, 0.717) is 11.1 Å². The van der Waals surface area contributed by atoms with Gasteiger partial charge in [0.1, 0.15) is 5.75 Å². The van der Waals surface area contributed by atoms with Crippen molar-refractivity contribution in [2.24, 2.45) is 5.73 Å². The number of rotatable bonds is 4. The molecule has 0 aliphatic carbocycles. The highest BCUT2D eigenvalue weighted by atomic mass is 32.2. The zero-order valence-corrected chi connectivity index (χ0v) is 15.5. The van der Waals surface area contributed by atoms with Gasteiger partial charge in [-0.1, -0.05) is 12.1 Å². The van der Waals surface area contributed by atoms with Gasteiger partial charge in [-0.05, 0) is 61.2 Å². The Morgan fingerprint density at radius 2 is 1.65 bits per heavy atom. The van der Waals surface area contributed by atoms with Gasteiger partial charge in [0, 0.05) is 5.25 Å². The van der Waals surface area contributed by atoms with Crippen LogP contribution in [0.3, 0.4) is 0 Å². The number of nitrogens with two attached hydrogens (primary N) is 1. The van der Waals surface area contributed by atoms with Crippen molar-refractivity contribution in [3.05, 3.63) is 64.2 Å². The Morgan fingerprint density at radius 3 is 2.19 bits per heavy atom. The fourth-order valence-corrected chi connectivity index (χ4v) is 4.77. The summed E-state index contributed by atoms with van der Waals surface area (Å²) < 4.78 is 0. The van der Waals surface area contributed by atoms with E-state index in [1.54, 1.807) is 48.2 Å². The molecular formula is C20H20N2O3S. The molecule has 0 radical (unpaired) electrons. The van der Waals surface area contributed by atoms with Crippen LogP contribution in [0.4, 0.5) is 0 Å². The van der Waals surface area contributed by atoms with Crippen molar-refractivity contribution in [1.82, 2.24) is 4.90 Å². The van der Waals surface area contributed by atoms with Crippen LogP contribution >= 0.6 is 11.8 Å². The topological polar surface area (TPSA) is 83.6 Å². The Labute approximate surface area is 156 Å². The average molecular weight is 368 g/mol. The fraction of sp³-hybridized carbons (Fsp3) is 0.300. The first-order chi connectivity index (χ1) is 12.3. The molecule has 0 spiro atoms. The number of nitrogens with zero attached hydrogens (tertiary/aromatic N) is 1. The van der Waals surface area contributed by atoms with E-state index in [0.717, 1.165) is 23.1 Å². The first-order valence-electron chi connectivity index (χ1n) is 8.51. The third kappa shape index (κ3) is 2.70. The third-order valence-corrected chi connectivity index (χ3v) is 6.67. The van der Waals surface area contributed by atoms with Crippen LogP contribution in [0.2, 0.25) is 0 Å². The van der Waals surface area contributed by atoms with Crippen molar-refractivity contribution in [3.8, 4) is 5.75 Å². The number of carbonyl (C=O) groups is 2. The second kappa shape index (κ2) is 5.86.